The normalized spacial score (nSPS) is 37.8. The molecule has 0 radical (unpaired) electrons. The number of rotatable bonds is 11. The SMILES string of the molecule is C=C(C)C(=O)NCCCNC1CC[C@@]2(C)C(=CCC3C2CC[C@@]2(C)C3CC[C@@H]2[C@H](C)CCCC(C)C)C1. The molecule has 210 valence electrons. The van der Waals surface area contributed by atoms with E-state index >= 15 is 0 Å². The van der Waals surface area contributed by atoms with Crippen molar-refractivity contribution in [1.82, 2.24) is 10.6 Å². The summed E-state index contributed by atoms with van der Waals surface area (Å²) in [7, 11) is 0. The molecule has 0 bridgehead atoms. The standard InChI is InChI=1S/C34H58N2O/c1-23(2)10-8-11-25(5)29-14-15-30-28-13-12-26-22-27(35-20-9-21-36-32(37)24(3)4)16-18-33(26,6)31(28)17-19-34(29,30)7/h12,23,25,27-31,35H,3,8-11,13-22H2,1-2,4-7H3,(H,36,37)/t25-,27?,28?,29-,30?,31?,33+,34-/m1/s1. The molecule has 4 aliphatic rings. The quantitative estimate of drug-likeness (QED) is 0.168. The van der Waals surface area contributed by atoms with E-state index in [1.165, 1.54) is 70.6 Å². The maximum absolute atomic E-state index is 11.7. The van der Waals surface area contributed by atoms with Crippen molar-refractivity contribution in [2.24, 2.45) is 46.3 Å². The van der Waals surface area contributed by atoms with Gasteiger partial charge in [-0.05, 0) is 118 Å². The van der Waals surface area contributed by atoms with Gasteiger partial charge in [0, 0.05) is 18.2 Å². The highest BCUT2D eigenvalue weighted by Gasteiger charge is 2.59. The second-order valence-electron chi connectivity index (χ2n) is 14.6. The van der Waals surface area contributed by atoms with Gasteiger partial charge in [0.15, 0.2) is 0 Å². The largest absolute Gasteiger partial charge is 0.352 e. The predicted octanol–water partition coefficient (Wildman–Crippen LogP) is 8.07. The number of hydrogen-bond donors (Lipinski definition) is 2. The number of carbonyl (C=O) groups is 1. The molecule has 3 fully saturated rings. The summed E-state index contributed by atoms with van der Waals surface area (Å²) >= 11 is 0. The maximum Gasteiger partial charge on any atom is 0.246 e. The summed E-state index contributed by atoms with van der Waals surface area (Å²) in [5.41, 5.74) is 3.37. The predicted molar refractivity (Wildman–Crippen MR) is 157 cm³/mol. The van der Waals surface area contributed by atoms with Crippen LogP contribution in [0.1, 0.15) is 119 Å². The van der Waals surface area contributed by atoms with Crippen LogP contribution in [0.25, 0.3) is 0 Å². The summed E-state index contributed by atoms with van der Waals surface area (Å²) in [6.45, 7) is 19.9. The molecule has 0 spiro atoms. The van der Waals surface area contributed by atoms with Gasteiger partial charge in [0.1, 0.15) is 0 Å². The van der Waals surface area contributed by atoms with Crippen LogP contribution in [-0.2, 0) is 4.79 Å². The van der Waals surface area contributed by atoms with Gasteiger partial charge in [-0.2, -0.15) is 0 Å². The number of fused-ring (bicyclic) bond motifs is 5. The maximum atomic E-state index is 11.7. The van der Waals surface area contributed by atoms with E-state index in [4.69, 9.17) is 0 Å². The Morgan fingerprint density at radius 2 is 1.81 bits per heavy atom. The van der Waals surface area contributed by atoms with Crippen LogP contribution in [0.5, 0.6) is 0 Å². The van der Waals surface area contributed by atoms with Gasteiger partial charge in [-0.15, -0.1) is 0 Å². The molecule has 3 saturated carbocycles. The smallest absolute Gasteiger partial charge is 0.246 e. The Hall–Kier alpha value is -1.09. The summed E-state index contributed by atoms with van der Waals surface area (Å²) in [6.07, 6.45) is 19.1. The Kier molecular flexibility index (Phi) is 9.35. The molecule has 8 atom stereocenters. The molecule has 37 heavy (non-hydrogen) atoms. The minimum Gasteiger partial charge on any atom is -0.352 e. The van der Waals surface area contributed by atoms with Crippen LogP contribution in [0.3, 0.4) is 0 Å². The van der Waals surface area contributed by atoms with Crippen LogP contribution in [0.2, 0.25) is 0 Å². The first-order chi connectivity index (χ1) is 17.6. The van der Waals surface area contributed by atoms with E-state index in [1.54, 1.807) is 12.5 Å². The molecular formula is C34H58N2O. The van der Waals surface area contributed by atoms with Crippen LogP contribution in [0.4, 0.5) is 0 Å². The zero-order valence-corrected chi connectivity index (χ0v) is 25.1. The zero-order chi connectivity index (χ0) is 26.8. The van der Waals surface area contributed by atoms with Crippen molar-refractivity contribution in [1.29, 1.82) is 0 Å². The van der Waals surface area contributed by atoms with Crippen molar-refractivity contribution in [2.45, 2.75) is 125 Å². The highest BCUT2D eigenvalue weighted by atomic mass is 16.1. The summed E-state index contributed by atoms with van der Waals surface area (Å²) in [5.74, 6) is 5.44. The second kappa shape index (κ2) is 12.0. The van der Waals surface area contributed by atoms with Crippen molar-refractivity contribution in [3.05, 3.63) is 23.8 Å². The lowest BCUT2D eigenvalue weighted by molar-refractivity contribution is -0.117. The molecule has 0 saturated heterocycles. The van der Waals surface area contributed by atoms with Crippen LogP contribution in [-0.4, -0.2) is 25.0 Å². The van der Waals surface area contributed by atoms with E-state index in [0.29, 0.717) is 22.4 Å². The van der Waals surface area contributed by atoms with E-state index in [1.807, 2.05) is 0 Å². The number of amides is 1. The fourth-order valence-electron chi connectivity index (χ4n) is 9.61. The Bertz CT molecular complexity index is 845. The molecule has 1 amide bonds. The molecule has 0 aromatic rings. The fraction of sp³-hybridized carbons (Fsp3) is 0.853. The van der Waals surface area contributed by atoms with Crippen molar-refractivity contribution in [2.75, 3.05) is 13.1 Å². The van der Waals surface area contributed by atoms with Gasteiger partial charge in [-0.25, -0.2) is 0 Å². The van der Waals surface area contributed by atoms with Crippen LogP contribution in [0, 0.1) is 46.3 Å². The Morgan fingerprint density at radius 3 is 2.54 bits per heavy atom. The van der Waals surface area contributed by atoms with Gasteiger partial charge in [0.2, 0.25) is 5.91 Å². The number of allylic oxidation sites excluding steroid dienone is 1. The zero-order valence-electron chi connectivity index (χ0n) is 25.1. The molecule has 2 N–H and O–H groups in total. The van der Waals surface area contributed by atoms with Crippen LogP contribution in [0.15, 0.2) is 23.8 Å². The molecule has 4 unspecified atom stereocenters. The minimum atomic E-state index is -0.0203. The van der Waals surface area contributed by atoms with E-state index < -0.39 is 0 Å². The Balaban J connectivity index is 1.32. The third-order valence-electron chi connectivity index (χ3n) is 11.8. The molecule has 4 aliphatic carbocycles. The Morgan fingerprint density at radius 1 is 1.03 bits per heavy atom. The topological polar surface area (TPSA) is 41.1 Å². The molecule has 0 aromatic heterocycles. The van der Waals surface area contributed by atoms with E-state index in [0.717, 1.165) is 55.0 Å². The van der Waals surface area contributed by atoms with E-state index in [2.05, 4.69) is 57.9 Å². The van der Waals surface area contributed by atoms with Crippen LogP contribution >= 0.6 is 0 Å². The fourth-order valence-corrected chi connectivity index (χ4v) is 9.61. The third-order valence-corrected chi connectivity index (χ3v) is 11.8. The Labute approximate surface area is 229 Å². The van der Waals surface area contributed by atoms with Crippen molar-refractivity contribution in [3.8, 4) is 0 Å². The average Bonchev–Trinajstić information content (AvgIpc) is 3.20. The first kappa shape index (κ1) is 28.9. The molecule has 4 rings (SSSR count). The summed E-state index contributed by atoms with van der Waals surface area (Å²) in [4.78, 5) is 11.7. The van der Waals surface area contributed by atoms with Gasteiger partial charge in [-0.1, -0.05) is 72.1 Å². The monoisotopic (exact) mass is 510 g/mol. The lowest BCUT2D eigenvalue weighted by atomic mass is 9.47. The molecule has 3 heteroatoms. The highest BCUT2D eigenvalue weighted by Crippen LogP contribution is 2.67. The average molecular weight is 511 g/mol. The number of hydrogen-bond acceptors (Lipinski definition) is 2. The van der Waals surface area contributed by atoms with Crippen molar-refractivity contribution < 1.29 is 4.79 Å². The lowest BCUT2D eigenvalue weighted by Crippen LogP contribution is -2.51. The van der Waals surface area contributed by atoms with Crippen molar-refractivity contribution in [3.63, 3.8) is 0 Å². The summed E-state index contributed by atoms with van der Waals surface area (Å²) in [6, 6.07) is 0.601. The van der Waals surface area contributed by atoms with Gasteiger partial charge in [0.25, 0.3) is 0 Å². The van der Waals surface area contributed by atoms with Gasteiger partial charge in [0.05, 0.1) is 0 Å². The molecule has 0 heterocycles. The molecule has 3 nitrogen and oxygen atoms in total. The molecular weight excluding hydrogens is 452 g/mol. The first-order valence-corrected chi connectivity index (χ1v) is 15.9. The second-order valence-corrected chi connectivity index (χ2v) is 14.6. The van der Waals surface area contributed by atoms with E-state index in [9.17, 15) is 4.79 Å². The van der Waals surface area contributed by atoms with Crippen LogP contribution < -0.4 is 10.6 Å². The lowest BCUT2D eigenvalue weighted by Gasteiger charge is -2.58. The summed E-state index contributed by atoms with van der Waals surface area (Å²) < 4.78 is 0. The van der Waals surface area contributed by atoms with E-state index in [-0.39, 0.29) is 5.91 Å². The van der Waals surface area contributed by atoms with Gasteiger partial charge < -0.3 is 10.6 Å². The van der Waals surface area contributed by atoms with Crippen molar-refractivity contribution >= 4 is 5.91 Å². The number of carbonyl (C=O) groups excluding carboxylic acids is 1. The minimum absolute atomic E-state index is 0.0203. The molecule has 0 aliphatic heterocycles. The van der Waals surface area contributed by atoms with Gasteiger partial charge >= 0.3 is 0 Å². The third kappa shape index (κ3) is 6.07. The first-order valence-electron chi connectivity index (χ1n) is 15.9. The van der Waals surface area contributed by atoms with Gasteiger partial charge in [-0.3, -0.25) is 4.79 Å². The highest BCUT2D eigenvalue weighted by molar-refractivity contribution is 5.91. The number of nitrogens with one attached hydrogen (secondary N) is 2. The molecule has 0 aromatic carbocycles. The summed E-state index contributed by atoms with van der Waals surface area (Å²) in [5, 5.41) is 6.78.